The van der Waals surface area contributed by atoms with Crippen LogP contribution in [0.4, 0.5) is 5.69 Å². The second-order valence-electron chi connectivity index (χ2n) is 5.63. The molecule has 0 atom stereocenters. The van der Waals surface area contributed by atoms with Gasteiger partial charge in [0.1, 0.15) is 5.75 Å². The highest BCUT2D eigenvalue weighted by atomic mass is 35.5. The summed E-state index contributed by atoms with van der Waals surface area (Å²) in [6, 6.07) is 4.57. The molecule has 134 valence electrons. The first-order chi connectivity index (χ1) is 11.4. The smallest absolute Gasteiger partial charge is 0.266 e. The molecule has 0 unspecified atom stereocenters. The van der Waals surface area contributed by atoms with Gasteiger partial charge in [0, 0.05) is 44.3 Å². The molecule has 3 rings (SSSR count). The number of amides is 1. The molecule has 1 aliphatic heterocycles. The highest BCUT2D eigenvalue weighted by molar-refractivity contribution is 6.33. The standard InChI is InChI=1S/C16H17ClN4O3.ClH/c1-20-15(22)5-9-8-21(4-3-13(9)19-20)16(23)10-6-11(17)12(18)7-14(10)24-2;/h5-7H,3-4,8,18H2,1-2H3;1H. The Hall–Kier alpha value is -2.25. The fourth-order valence-electron chi connectivity index (χ4n) is 2.74. The fraction of sp³-hybridized carbons (Fsp3) is 0.312. The monoisotopic (exact) mass is 384 g/mol. The molecular weight excluding hydrogens is 367 g/mol. The van der Waals surface area contributed by atoms with E-state index in [0.717, 1.165) is 11.3 Å². The minimum atomic E-state index is -0.222. The zero-order chi connectivity index (χ0) is 17.4. The summed E-state index contributed by atoms with van der Waals surface area (Å²) in [5, 5.41) is 4.54. The van der Waals surface area contributed by atoms with Crippen LogP contribution in [0.3, 0.4) is 0 Å². The first-order valence-electron chi connectivity index (χ1n) is 7.39. The summed E-state index contributed by atoms with van der Waals surface area (Å²) in [5.41, 5.74) is 7.85. The Labute approximate surface area is 155 Å². The van der Waals surface area contributed by atoms with Gasteiger partial charge in [-0.25, -0.2) is 4.68 Å². The molecular formula is C16H18Cl2N4O3. The van der Waals surface area contributed by atoms with Crippen LogP contribution in [0.1, 0.15) is 21.6 Å². The molecule has 25 heavy (non-hydrogen) atoms. The molecule has 0 bridgehead atoms. The van der Waals surface area contributed by atoms with Crippen molar-refractivity contribution < 1.29 is 9.53 Å². The predicted molar refractivity (Wildman–Crippen MR) is 97.6 cm³/mol. The number of methoxy groups -OCH3 is 1. The van der Waals surface area contributed by atoms with E-state index in [1.807, 2.05) is 0 Å². The molecule has 1 amide bonds. The van der Waals surface area contributed by atoms with Crippen LogP contribution in [-0.2, 0) is 20.0 Å². The number of nitrogens with zero attached hydrogens (tertiary/aromatic N) is 3. The molecule has 2 heterocycles. The Bertz CT molecular complexity index is 882. The minimum Gasteiger partial charge on any atom is -0.496 e. The molecule has 1 aromatic heterocycles. The van der Waals surface area contributed by atoms with Crippen molar-refractivity contribution in [3.63, 3.8) is 0 Å². The third-order valence-electron chi connectivity index (χ3n) is 4.07. The van der Waals surface area contributed by atoms with E-state index in [1.54, 1.807) is 11.9 Å². The highest BCUT2D eigenvalue weighted by Gasteiger charge is 2.26. The molecule has 0 aliphatic carbocycles. The van der Waals surface area contributed by atoms with Crippen LogP contribution in [0.5, 0.6) is 5.75 Å². The van der Waals surface area contributed by atoms with Crippen molar-refractivity contribution >= 4 is 35.6 Å². The van der Waals surface area contributed by atoms with E-state index in [9.17, 15) is 9.59 Å². The average molecular weight is 385 g/mol. The van der Waals surface area contributed by atoms with Crippen LogP contribution in [0, 0.1) is 0 Å². The second-order valence-corrected chi connectivity index (χ2v) is 6.04. The van der Waals surface area contributed by atoms with Crippen LogP contribution in [-0.4, -0.2) is 34.2 Å². The van der Waals surface area contributed by atoms with Crippen molar-refractivity contribution in [2.75, 3.05) is 19.4 Å². The third kappa shape index (κ3) is 3.57. The molecule has 0 spiro atoms. The van der Waals surface area contributed by atoms with Gasteiger partial charge in [0.05, 0.1) is 29.1 Å². The molecule has 0 saturated carbocycles. The van der Waals surface area contributed by atoms with Crippen molar-refractivity contribution in [1.29, 1.82) is 0 Å². The SMILES string of the molecule is COc1cc(N)c(Cl)cc1C(=O)N1CCc2nn(C)c(=O)cc2C1.Cl. The number of halogens is 2. The number of ether oxygens (including phenoxy) is 1. The zero-order valence-corrected chi connectivity index (χ0v) is 15.4. The van der Waals surface area contributed by atoms with Gasteiger partial charge in [0.15, 0.2) is 0 Å². The van der Waals surface area contributed by atoms with Gasteiger partial charge in [0.2, 0.25) is 0 Å². The zero-order valence-electron chi connectivity index (χ0n) is 13.8. The Morgan fingerprint density at radius 1 is 1.36 bits per heavy atom. The maximum Gasteiger partial charge on any atom is 0.266 e. The number of hydrogen-bond acceptors (Lipinski definition) is 5. The van der Waals surface area contributed by atoms with Gasteiger partial charge in [-0.2, -0.15) is 5.10 Å². The first kappa shape index (κ1) is 19.1. The number of anilines is 1. The number of hydrogen-bond donors (Lipinski definition) is 1. The summed E-state index contributed by atoms with van der Waals surface area (Å²) >= 11 is 6.04. The molecule has 0 saturated heterocycles. The molecule has 9 heteroatoms. The van der Waals surface area contributed by atoms with Gasteiger partial charge in [0.25, 0.3) is 11.5 Å². The Morgan fingerprint density at radius 2 is 2.08 bits per heavy atom. The van der Waals surface area contributed by atoms with E-state index in [1.165, 1.54) is 30.0 Å². The first-order valence-corrected chi connectivity index (χ1v) is 7.77. The molecule has 1 aliphatic rings. The largest absolute Gasteiger partial charge is 0.496 e. The molecule has 1 aromatic carbocycles. The number of benzene rings is 1. The summed E-state index contributed by atoms with van der Waals surface area (Å²) in [5.74, 6) is 0.148. The van der Waals surface area contributed by atoms with E-state index in [0.29, 0.717) is 41.5 Å². The molecule has 2 N–H and O–H groups in total. The normalized spacial score (nSPS) is 13.0. The quantitative estimate of drug-likeness (QED) is 0.794. The van der Waals surface area contributed by atoms with Gasteiger partial charge in [-0.1, -0.05) is 11.6 Å². The molecule has 0 fully saturated rings. The van der Waals surface area contributed by atoms with Gasteiger partial charge < -0.3 is 15.4 Å². The maximum atomic E-state index is 12.8. The summed E-state index contributed by atoms with van der Waals surface area (Å²) in [4.78, 5) is 26.3. The van der Waals surface area contributed by atoms with E-state index < -0.39 is 0 Å². The summed E-state index contributed by atoms with van der Waals surface area (Å²) in [6.45, 7) is 0.824. The van der Waals surface area contributed by atoms with Crippen LogP contribution in [0.15, 0.2) is 23.0 Å². The maximum absolute atomic E-state index is 12.8. The van der Waals surface area contributed by atoms with E-state index in [-0.39, 0.29) is 23.9 Å². The minimum absolute atomic E-state index is 0. The van der Waals surface area contributed by atoms with Crippen molar-refractivity contribution in [2.45, 2.75) is 13.0 Å². The number of fused-ring (bicyclic) bond motifs is 1. The van der Waals surface area contributed by atoms with Gasteiger partial charge in [-0.15, -0.1) is 12.4 Å². The third-order valence-corrected chi connectivity index (χ3v) is 4.40. The van der Waals surface area contributed by atoms with Gasteiger partial charge in [-0.05, 0) is 6.07 Å². The molecule has 7 nitrogen and oxygen atoms in total. The van der Waals surface area contributed by atoms with Crippen LogP contribution in [0.25, 0.3) is 0 Å². The second kappa shape index (κ2) is 7.33. The lowest BCUT2D eigenvalue weighted by atomic mass is 10.0. The number of aryl methyl sites for hydroxylation is 1. The number of aromatic nitrogens is 2. The van der Waals surface area contributed by atoms with Gasteiger partial charge in [-0.3, -0.25) is 9.59 Å². The number of rotatable bonds is 2. The van der Waals surface area contributed by atoms with E-state index in [4.69, 9.17) is 22.1 Å². The lowest BCUT2D eigenvalue weighted by molar-refractivity contribution is 0.0729. The summed E-state index contributed by atoms with van der Waals surface area (Å²) < 4.78 is 6.55. The molecule has 0 radical (unpaired) electrons. The fourth-order valence-corrected chi connectivity index (χ4v) is 2.91. The van der Waals surface area contributed by atoms with Crippen molar-refractivity contribution in [1.82, 2.24) is 14.7 Å². The molecule has 2 aromatic rings. The predicted octanol–water partition coefficient (Wildman–Crippen LogP) is 1.64. The van der Waals surface area contributed by atoms with Crippen molar-refractivity contribution in [2.24, 2.45) is 7.05 Å². The van der Waals surface area contributed by atoms with Crippen LogP contribution < -0.4 is 16.0 Å². The summed E-state index contributed by atoms with van der Waals surface area (Å²) in [6.07, 6.45) is 0.584. The van der Waals surface area contributed by atoms with Crippen molar-refractivity contribution in [3.05, 3.63) is 50.4 Å². The number of carbonyl (C=O) groups is 1. The number of nitrogens with two attached hydrogens (primary N) is 1. The van der Waals surface area contributed by atoms with E-state index in [2.05, 4.69) is 5.10 Å². The highest BCUT2D eigenvalue weighted by Crippen LogP contribution is 2.30. The Morgan fingerprint density at radius 3 is 2.76 bits per heavy atom. The average Bonchev–Trinajstić information content (AvgIpc) is 2.57. The Kier molecular flexibility index (Phi) is 5.59. The topological polar surface area (TPSA) is 90.4 Å². The lowest BCUT2D eigenvalue weighted by Gasteiger charge is -2.28. The lowest BCUT2D eigenvalue weighted by Crippen LogP contribution is -2.38. The summed E-state index contributed by atoms with van der Waals surface area (Å²) in [7, 11) is 3.08. The van der Waals surface area contributed by atoms with Crippen LogP contribution in [0.2, 0.25) is 5.02 Å². The van der Waals surface area contributed by atoms with Crippen molar-refractivity contribution in [3.8, 4) is 5.75 Å². The van der Waals surface area contributed by atoms with Crippen LogP contribution >= 0.6 is 24.0 Å². The van der Waals surface area contributed by atoms with Gasteiger partial charge >= 0.3 is 0 Å². The number of nitrogen functional groups attached to an aromatic ring is 1. The number of carbonyl (C=O) groups excluding carboxylic acids is 1. The Balaban J connectivity index is 0.00000225. The van der Waals surface area contributed by atoms with E-state index >= 15 is 0 Å².